The first-order valence-electron chi connectivity index (χ1n) is 4.79. The standard InChI is InChI=1S/C11H10ClFO4S/c1-7(5-12)6-18(16,17)10-3-2-8(11(14)15)4-9(10)13/h2-5H,6H2,1H3,(H,14,15)/b7-5-. The molecule has 0 saturated heterocycles. The van der Waals surface area contributed by atoms with Crippen LogP contribution in [0.3, 0.4) is 0 Å². The maximum absolute atomic E-state index is 13.6. The van der Waals surface area contributed by atoms with Crippen LogP contribution in [0.15, 0.2) is 34.2 Å². The molecular formula is C11H10ClFO4S. The number of benzene rings is 1. The van der Waals surface area contributed by atoms with Crippen molar-refractivity contribution >= 4 is 27.4 Å². The van der Waals surface area contributed by atoms with Crippen molar-refractivity contribution in [2.24, 2.45) is 0 Å². The molecule has 0 aliphatic carbocycles. The molecule has 1 rings (SSSR count). The third-order valence-electron chi connectivity index (χ3n) is 2.12. The largest absolute Gasteiger partial charge is 0.478 e. The molecule has 4 nitrogen and oxygen atoms in total. The molecule has 18 heavy (non-hydrogen) atoms. The zero-order valence-electron chi connectivity index (χ0n) is 9.35. The minimum absolute atomic E-state index is 0.309. The van der Waals surface area contributed by atoms with E-state index in [2.05, 4.69) is 0 Å². The van der Waals surface area contributed by atoms with E-state index in [4.69, 9.17) is 16.7 Å². The Morgan fingerprint density at radius 3 is 2.56 bits per heavy atom. The predicted molar refractivity (Wildman–Crippen MR) is 65.0 cm³/mol. The highest BCUT2D eigenvalue weighted by Gasteiger charge is 2.20. The molecule has 0 aliphatic rings. The smallest absolute Gasteiger partial charge is 0.335 e. The van der Waals surface area contributed by atoms with Crippen molar-refractivity contribution in [3.63, 3.8) is 0 Å². The zero-order valence-corrected chi connectivity index (χ0v) is 10.9. The number of hydrogen-bond donors (Lipinski definition) is 1. The van der Waals surface area contributed by atoms with Crippen LogP contribution in [0.5, 0.6) is 0 Å². The van der Waals surface area contributed by atoms with Crippen LogP contribution in [0, 0.1) is 5.82 Å². The van der Waals surface area contributed by atoms with Crippen molar-refractivity contribution in [3.8, 4) is 0 Å². The number of halogens is 2. The number of carbonyl (C=O) groups is 1. The summed E-state index contributed by atoms with van der Waals surface area (Å²) in [5, 5.41) is 8.64. The molecule has 1 aromatic rings. The fourth-order valence-electron chi connectivity index (χ4n) is 1.30. The Hall–Kier alpha value is -1.40. The van der Waals surface area contributed by atoms with Gasteiger partial charge in [0.15, 0.2) is 9.84 Å². The predicted octanol–water partition coefficient (Wildman–Crippen LogP) is 2.44. The normalized spacial score (nSPS) is 12.5. The van der Waals surface area contributed by atoms with Gasteiger partial charge in [-0.05, 0) is 30.7 Å². The first-order chi connectivity index (χ1) is 8.27. The zero-order chi connectivity index (χ0) is 13.9. The molecule has 7 heteroatoms. The summed E-state index contributed by atoms with van der Waals surface area (Å²) in [6.07, 6.45) is 0. The average molecular weight is 293 g/mol. The quantitative estimate of drug-likeness (QED) is 0.925. The molecule has 0 aromatic heterocycles. The number of carboxylic acid groups (broad SMARTS) is 1. The van der Waals surface area contributed by atoms with Crippen LogP contribution in [0.25, 0.3) is 0 Å². The second kappa shape index (κ2) is 5.49. The average Bonchev–Trinajstić information content (AvgIpc) is 2.27. The monoisotopic (exact) mass is 292 g/mol. The van der Waals surface area contributed by atoms with Gasteiger partial charge in [0.05, 0.1) is 11.3 Å². The van der Waals surface area contributed by atoms with Crippen molar-refractivity contribution in [1.29, 1.82) is 0 Å². The maximum Gasteiger partial charge on any atom is 0.335 e. The van der Waals surface area contributed by atoms with E-state index in [0.29, 0.717) is 11.6 Å². The minimum Gasteiger partial charge on any atom is -0.478 e. The molecule has 1 aromatic carbocycles. The second-order valence-corrected chi connectivity index (χ2v) is 5.84. The first kappa shape index (κ1) is 14.7. The summed E-state index contributed by atoms with van der Waals surface area (Å²) >= 11 is 5.35. The highest BCUT2D eigenvalue weighted by Crippen LogP contribution is 2.19. The summed E-state index contributed by atoms with van der Waals surface area (Å²) in [6.45, 7) is 1.49. The second-order valence-electron chi connectivity index (χ2n) is 3.66. The van der Waals surface area contributed by atoms with Gasteiger partial charge in [0, 0.05) is 5.54 Å². The Balaban J connectivity index is 3.22. The SMILES string of the molecule is C/C(=C/Cl)CS(=O)(=O)c1ccc(C(=O)O)cc1F. The van der Waals surface area contributed by atoms with E-state index in [1.807, 2.05) is 0 Å². The van der Waals surface area contributed by atoms with Gasteiger partial charge in [-0.25, -0.2) is 17.6 Å². The summed E-state index contributed by atoms with van der Waals surface area (Å²) in [4.78, 5) is 10.1. The van der Waals surface area contributed by atoms with Gasteiger partial charge in [-0.3, -0.25) is 0 Å². The molecule has 0 spiro atoms. The summed E-state index contributed by atoms with van der Waals surface area (Å²) in [5.41, 5.74) is 1.15. The number of sulfone groups is 1. The third-order valence-corrected chi connectivity index (χ3v) is 4.33. The van der Waals surface area contributed by atoms with Crippen molar-refractivity contribution in [3.05, 3.63) is 40.7 Å². The molecule has 0 aliphatic heterocycles. The number of rotatable bonds is 4. The van der Waals surface area contributed by atoms with Gasteiger partial charge in [0.2, 0.25) is 0 Å². The van der Waals surface area contributed by atoms with Gasteiger partial charge in [0.1, 0.15) is 10.7 Å². The molecule has 0 atom stereocenters. The molecule has 98 valence electrons. The Kier molecular flexibility index (Phi) is 4.48. The van der Waals surface area contributed by atoms with Gasteiger partial charge >= 0.3 is 5.97 Å². The molecule has 0 radical (unpaired) electrons. The summed E-state index contributed by atoms with van der Waals surface area (Å²) < 4.78 is 37.2. The van der Waals surface area contributed by atoms with Gasteiger partial charge < -0.3 is 5.11 Å². The van der Waals surface area contributed by atoms with E-state index in [9.17, 15) is 17.6 Å². The van der Waals surface area contributed by atoms with Gasteiger partial charge in [-0.2, -0.15) is 0 Å². The van der Waals surface area contributed by atoms with Crippen LogP contribution >= 0.6 is 11.6 Å². The van der Waals surface area contributed by atoms with Gasteiger partial charge in [-0.1, -0.05) is 11.6 Å². The van der Waals surface area contributed by atoms with Crippen molar-refractivity contribution in [1.82, 2.24) is 0 Å². The topological polar surface area (TPSA) is 71.4 Å². The highest BCUT2D eigenvalue weighted by atomic mass is 35.5. The summed E-state index contributed by atoms with van der Waals surface area (Å²) in [6, 6.07) is 2.66. The van der Waals surface area contributed by atoms with E-state index in [1.165, 1.54) is 6.92 Å². The van der Waals surface area contributed by atoms with Crippen LogP contribution in [0.4, 0.5) is 4.39 Å². The van der Waals surface area contributed by atoms with Crippen molar-refractivity contribution < 1.29 is 22.7 Å². The third kappa shape index (κ3) is 3.30. The summed E-state index contributed by atoms with van der Waals surface area (Å²) in [7, 11) is -3.87. The van der Waals surface area contributed by atoms with Crippen LogP contribution in [-0.4, -0.2) is 25.2 Å². The van der Waals surface area contributed by atoms with Crippen molar-refractivity contribution in [2.45, 2.75) is 11.8 Å². The molecule has 0 amide bonds. The molecule has 1 N–H and O–H groups in total. The number of hydrogen-bond acceptors (Lipinski definition) is 3. The van der Waals surface area contributed by atoms with Crippen LogP contribution in [-0.2, 0) is 9.84 Å². The molecule has 0 unspecified atom stereocenters. The summed E-state index contributed by atoms with van der Waals surface area (Å²) in [5.74, 6) is -2.83. The number of carboxylic acids is 1. The van der Waals surface area contributed by atoms with Crippen LogP contribution < -0.4 is 0 Å². The fourth-order valence-corrected chi connectivity index (χ4v) is 2.93. The number of aromatic carboxylic acids is 1. The van der Waals surface area contributed by atoms with Gasteiger partial charge in [0.25, 0.3) is 0 Å². The van der Waals surface area contributed by atoms with E-state index >= 15 is 0 Å². The lowest BCUT2D eigenvalue weighted by atomic mass is 10.2. The fraction of sp³-hybridized carbons (Fsp3) is 0.182. The van der Waals surface area contributed by atoms with Crippen LogP contribution in [0.1, 0.15) is 17.3 Å². The van der Waals surface area contributed by atoms with E-state index in [1.54, 1.807) is 0 Å². The van der Waals surface area contributed by atoms with Crippen molar-refractivity contribution in [2.75, 3.05) is 5.75 Å². The molecule has 0 fully saturated rings. The lowest BCUT2D eigenvalue weighted by molar-refractivity contribution is 0.0696. The first-order valence-corrected chi connectivity index (χ1v) is 6.88. The van der Waals surface area contributed by atoms with Crippen LogP contribution in [0.2, 0.25) is 0 Å². The molecule has 0 saturated carbocycles. The van der Waals surface area contributed by atoms with E-state index in [0.717, 1.165) is 17.7 Å². The molecule has 0 bridgehead atoms. The van der Waals surface area contributed by atoms with Gasteiger partial charge in [-0.15, -0.1) is 0 Å². The Labute approximate surface area is 109 Å². The highest BCUT2D eigenvalue weighted by molar-refractivity contribution is 7.91. The maximum atomic E-state index is 13.6. The molecule has 0 heterocycles. The Morgan fingerprint density at radius 1 is 1.50 bits per heavy atom. The van der Waals surface area contributed by atoms with E-state index in [-0.39, 0.29) is 5.56 Å². The minimum atomic E-state index is -3.87. The lowest BCUT2D eigenvalue weighted by Gasteiger charge is -2.06. The van der Waals surface area contributed by atoms with E-state index < -0.39 is 32.3 Å². The molecular weight excluding hydrogens is 283 g/mol. The Bertz CT molecular complexity index is 607. The lowest BCUT2D eigenvalue weighted by Crippen LogP contribution is -2.10. The Morgan fingerprint density at radius 2 is 2.11 bits per heavy atom.